The average molecular weight is 477 g/mol. The van der Waals surface area contributed by atoms with E-state index in [1.165, 1.54) is 6.92 Å². The smallest absolute Gasteiger partial charge is 0.363 e. The van der Waals surface area contributed by atoms with Crippen molar-refractivity contribution in [2.45, 2.75) is 13.8 Å². The molecular formula is C20H16INO5. The normalized spacial score (nSPS) is 14.7. The number of ether oxygens (including phenoxy) is 3. The van der Waals surface area contributed by atoms with Crippen molar-refractivity contribution in [1.82, 2.24) is 0 Å². The predicted octanol–water partition coefficient (Wildman–Crippen LogP) is 3.96. The van der Waals surface area contributed by atoms with E-state index in [-0.39, 0.29) is 11.6 Å². The van der Waals surface area contributed by atoms with Crippen molar-refractivity contribution in [2.24, 2.45) is 4.99 Å². The minimum Gasteiger partial charge on any atom is -0.490 e. The lowest BCUT2D eigenvalue weighted by Crippen LogP contribution is -2.05. The van der Waals surface area contributed by atoms with Gasteiger partial charge in [-0.1, -0.05) is 6.07 Å². The lowest BCUT2D eigenvalue weighted by Gasteiger charge is -2.10. The maximum atomic E-state index is 12.1. The molecule has 0 unspecified atom stereocenters. The Labute approximate surface area is 170 Å². The first-order chi connectivity index (χ1) is 13.0. The largest absolute Gasteiger partial charge is 0.490 e. The fraction of sp³-hybridized carbons (Fsp3) is 0.150. The van der Waals surface area contributed by atoms with Gasteiger partial charge in [0.1, 0.15) is 0 Å². The second-order valence-electron chi connectivity index (χ2n) is 5.58. The van der Waals surface area contributed by atoms with Crippen molar-refractivity contribution in [3.05, 3.63) is 62.9 Å². The van der Waals surface area contributed by atoms with Gasteiger partial charge in [0, 0.05) is 16.1 Å². The van der Waals surface area contributed by atoms with E-state index in [0.717, 1.165) is 9.13 Å². The zero-order valence-corrected chi connectivity index (χ0v) is 16.8. The number of halogens is 1. The Morgan fingerprint density at radius 2 is 1.93 bits per heavy atom. The summed E-state index contributed by atoms with van der Waals surface area (Å²) in [7, 11) is 0. The Morgan fingerprint density at radius 1 is 1.19 bits per heavy atom. The van der Waals surface area contributed by atoms with Gasteiger partial charge in [-0.2, -0.15) is 0 Å². The molecule has 0 aromatic heterocycles. The van der Waals surface area contributed by atoms with E-state index in [9.17, 15) is 9.59 Å². The number of hydrogen-bond acceptors (Lipinski definition) is 6. The molecule has 1 heterocycles. The van der Waals surface area contributed by atoms with Crippen LogP contribution < -0.4 is 9.47 Å². The minimum atomic E-state index is -0.523. The Morgan fingerprint density at radius 3 is 2.59 bits per heavy atom. The van der Waals surface area contributed by atoms with Crippen LogP contribution in [0.1, 0.15) is 25.0 Å². The first-order valence-corrected chi connectivity index (χ1v) is 9.28. The van der Waals surface area contributed by atoms with E-state index in [1.54, 1.807) is 24.3 Å². The third-order valence-electron chi connectivity index (χ3n) is 3.54. The highest BCUT2D eigenvalue weighted by atomic mass is 127. The highest BCUT2D eigenvalue weighted by Crippen LogP contribution is 2.30. The molecule has 0 radical (unpaired) electrons. The van der Waals surface area contributed by atoms with Gasteiger partial charge in [0.25, 0.3) is 0 Å². The van der Waals surface area contributed by atoms with Gasteiger partial charge in [-0.15, -0.1) is 0 Å². The lowest BCUT2D eigenvalue weighted by atomic mass is 10.1. The van der Waals surface area contributed by atoms with Gasteiger partial charge in [0.05, 0.1) is 6.61 Å². The van der Waals surface area contributed by atoms with Gasteiger partial charge in [-0.3, -0.25) is 4.79 Å². The summed E-state index contributed by atoms with van der Waals surface area (Å²) >= 11 is 2.20. The molecule has 2 aromatic carbocycles. The summed E-state index contributed by atoms with van der Waals surface area (Å²) in [5.74, 6) is 0.0433. The predicted molar refractivity (Wildman–Crippen MR) is 109 cm³/mol. The van der Waals surface area contributed by atoms with Crippen LogP contribution in [0.5, 0.6) is 11.5 Å². The first kappa shape index (κ1) is 19.1. The van der Waals surface area contributed by atoms with Gasteiger partial charge >= 0.3 is 11.9 Å². The van der Waals surface area contributed by atoms with Crippen molar-refractivity contribution < 1.29 is 23.8 Å². The van der Waals surface area contributed by atoms with Crippen LogP contribution in [-0.4, -0.2) is 24.4 Å². The molecule has 27 heavy (non-hydrogen) atoms. The standard InChI is InChI=1S/C20H16INO5/c1-3-25-18-11-13(4-9-17(18)26-12(2)23)10-16-20(24)27-19(22-16)14-5-7-15(21)8-6-14/h4-11H,3H2,1-2H3. The number of aliphatic imine (C=N–C) groups is 1. The van der Waals surface area contributed by atoms with Gasteiger partial charge in [-0.25, -0.2) is 9.79 Å². The number of carbonyl (C=O) groups excluding carboxylic acids is 2. The molecule has 7 heteroatoms. The Balaban J connectivity index is 1.91. The van der Waals surface area contributed by atoms with Crippen LogP contribution >= 0.6 is 22.6 Å². The van der Waals surface area contributed by atoms with Crippen molar-refractivity contribution in [1.29, 1.82) is 0 Å². The van der Waals surface area contributed by atoms with Crippen LogP contribution in [0.2, 0.25) is 0 Å². The van der Waals surface area contributed by atoms with Gasteiger partial charge in [0.15, 0.2) is 17.2 Å². The Bertz CT molecular complexity index is 947. The number of cyclic esters (lactones) is 1. The molecule has 0 bridgehead atoms. The molecule has 1 aliphatic heterocycles. The number of nitrogens with zero attached hydrogens (tertiary/aromatic N) is 1. The van der Waals surface area contributed by atoms with Crippen molar-refractivity contribution >= 4 is 46.5 Å². The molecule has 0 saturated carbocycles. The summed E-state index contributed by atoms with van der Waals surface area (Å²) in [5, 5.41) is 0. The fourth-order valence-corrected chi connectivity index (χ4v) is 2.76. The number of carbonyl (C=O) groups is 2. The second-order valence-corrected chi connectivity index (χ2v) is 6.82. The fourth-order valence-electron chi connectivity index (χ4n) is 2.40. The zero-order chi connectivity index (χ0) is 19.4. The van der Waals surface area contributed by atoms with Crippen LogP contribution in [-0.2, 0) is 14.3 Å². The zero-order valence-electron chi connectivity index (χ0n) is 14.7. The molecular weight excluding hydrogens is 461 g/mol. The van der Waals surface area contributed by atoms with E-state index in [0.29, 0.717) is 23.7 Å². The highest BCUT2D eigenvalue weighted by Gasteiger charge is 2.24. The number of rotatable bonds is 5. The SMILES string of the molecule is CCOc1cc(C=C2N=C(c3ccc(I)cc3)OC2=O)ccc1OC(C)=O. The van der Waals surface area contributed by atoms with Crippen LogP contribution in [0.4, 0.5) is 0 Å². The molecule has 0 N–H and O–H groups in total. The van der Waals surface area contributed by atoms with E-state index in [4.69, 9.17) is 14.2 Å². The van der Waals surface area contributed by atoms with Gasteiger partial charge < -0.3 is 14.2 Å². The summed E-state index contributed by atoms with van der Waals surface area (Å²) in [6.07, 6.45) is 1.60. The maximum absolute atomic E-state index is 12.1. The third-order valence-corrected chi connectivity index (χ3v) is 4.26. The van der Waals surface area contributed by atoms with Crippen LogP contribution in [0.3, 0.4) is 0 Å². The Kier molecular flexibility index (Phi) is 5.90. The molecule has 0 amide bonds. The van der Waals surface area contributed by atoms with E-state index in [1.807, 2.05) is 31.2 Å². The summed E-state index contributed by atoms with van der Waals surface area (Å²) in [5.41, 5.74) is 1.59. The summed E-state index contributed by atoms with van der Waals surface area (Å²) in [4.78, 5) is 27.6. The minimum absolute atomic E-state index is 0.186. The van der Waals surface area contributed by atoms with Crippen molar-refractivity contribution in [2.75, 3.05) is 6.61 Å². The highest BCUT2D eigenvalue weighted by molar-refractivity contribution is 14.1. The molecule has 138 valence electrons. The molecule has 3 rings (SSSR count). The monoisotopic (exact) mass is 477 g/mol. The molecule has 6 nitrogen and oxygen atoms in total. The van der Waals surface area contributed by atoms with Gasteiger partial charge in [-0.05, 0) is 77.6 Å². The maximum Gasteiger partial charge on any atom is 0.363 e. The number of hydrogen-bond donors (Lipinski definition) is 0. The summed E-state index contributed by atoms with van der Waals surface area (Å²) in [6, 6.07) is 12.5. The number of benzene rings is 2. The lowest BCUT2D eigenvalue weighted by molar-refractivity contribution is -0.132. The molecule has 0 aliphatic carbocycles. The van der Waals surface area contributed by atoms with E-state index in [2.05, 4.69) is 27.6 Å². The average Bonchev–Trinajstić information content (AvgIpc) is 2.98. The molecule has 0 saturated heterocycles. The topological polar surface area (TPSA) is 74.2 Å². The molecule has 1 aliphatic rings. The van der Waals surface area contributed by atoms with E-state index >= 15 is 0 Å². The van der Waals surface area contributed by atoms with Crippen molar-refractivity contribution in [3.8, 4) is 11.5 Å². The quantitative estimate of drug-likeness (QED) is 0.282. The van der Waals surface area contributed by atoms with Crippen molar-refractivity contribution in [3.63, 3.8) is 0 Å². The third kappa shape index (κ3) is 4.73. The summed E-state index contributed by atoms with van der Waals surface area (Å²) < 4.78 is 17.0. The molecule has 0 atom stereocenters. The summed E-state index contributed by atoms with van der Waals surface area (Å²) in [6.45, 7) is 3.56. The Hall–Kier alpha value is -2.68. The molecule has 0 fully saturated rings. The van der Waals surface area contributed by atoms with Crippen LogP contribution in [0.15, 0.2) is 53.2 Å². The number of esters is 2. The van der Waals surface area contributed by atoms with E-state index < -0.39 is 11.9 Å². The van der Waals surface area contributed by atoms with Crippen LogP contribution in [0, 0.1) is 3.57 Å². The van der Waals surface area contributed by atoms with Crippen LogP contribution in [0.25, 0.3) is 6.08 Å². The molecule has 0 spiro atoms. The first-order valence-electron chi connectivity index (χ1n) is 8.20. The second kappa shape index (κ2) is 8.34. The van der Waals surface area contributed by atoms with Gasteiger partial charge in [0.2, 0.25) is 5.90 Å². The molecule has 2 aromatic rings.